The van der Waals surface area contributed by atoms with Crippen LogP contribution in [-0.2, 0) is 6.54 Å². The molecule has 1 saturated heterocycles. The number of guanidine groups is 1. The lowest BCUT2D eigenvalue weighted by atomic mass is 10.1. The predicted molar refractivity (Wildman–Crippen MR) is 97.9 cm³/mol. The van der Waals surface area contributed by atoms with Crippen molar-refractivity contribution in [3.05, 3.63) is 24.5 Å². The average molecular weight is 319 g/mol. The van der Waals surface area contributed by atoms with Crippen LogP contribution in [0.1, 0.15) is 38.5 Å². The molecule has 0 bridgehead atoms. The van der Waals surface area contributed by atoms with Gasteiger partial charge in [0, 0.05) is 39.1 Å². The summed E-state index contributed by atoms with van der Waals surface area (Å²) in [5.74, 6) is 0.910. The van der Waals surface area contributed by atoms with E-state index in [-0.39, 0.29) is 0 Å². The maximum absolute atomic E-state index is 4.28. The van der Waals surface area contributed by atoms with Crippen LogP contribution in [0.5, 0.6) is 0 Å². The number of unbranched alkanes of at least 4 members (excludes halogenated alkanes) is 2. The first kappa shape index (κ1) is 17.9. The summed E-state index contributed by atoms with van der Waals surface area (Å²) < 4.78 is 2.17. The Morgan fingerprint density at radius 1 is 0.913 bits per heavy atom. The predicted octanol–water partition coefficient (Wildman–Crippen LogP) is 2.31. The number of rotatable bonds is 9. The van der Waals surface area contributed by atoms with Crippen LogP contribution in [0.3, 0.4) is 0 Å². The van der Waals surface area contributed by atoms with Crippen LogP contribution in [0.15, 0.2) is 29.5 Å². The van der Waals surface area contributed by atoms with Gasteiger partial charge in [-0.1, -0.05) is 12.8 Å². The van der Waals surface area contributed by atoms with Crippen LogP contribution in [0.25, 0.3) is 0 Å². The Labute approximate surface area is 141 Å². The third kappa shape index (κ3) is 7.55. The smallest absolute Gasteiger partial charge is 0.191 e. The third-order valence-corrected chi connectivity index (χ3v) is 4.44. The number of aromatic nitrogens is 1. The summed E-state index contributed by atoms with van der Waals surface area (Å²) in [7, 11) is 1.83. The number of nitrogens with zero attached hydrogens (tertiary/aromatic N) is 3. The molecule has 1 fully saturated rings. The van der Waals surface area contributed by atoms with Crippen molar-refractivity contribution in [2.24, 2.45) is 4.99 Å². The van der Waals surface area contributed by atoms with E-state index in [1.54, 1.807) is 0 Å². The number of likely N-dealkylation sites (tertiary alicyclic amines) is 1. The molecule has 2 N–H and O–H groups in total. The summed E-state index contributed by atoms with van der Waals surface area (Å²) >= 11 is 0. The maximum Gasteiger partial charge on any atom is 0.191 e. The SMILES string of the molecule is CN=C(NCCCCCN1CCCCC1)NCCn1cccc1. The van der Waals surface area contributed by atoms with Crippen LogP contribution in [0.2, 0.25) is 0 Å². The Bertz CT molecular complexity index is 421. The van der Waals surface area contributed by atoms with Gasteiger partial charge in [-0.2, -0.15) is 0 Å². The van der Waals surface area contributed by atoms with Gasteiger partial charge < -0.3 is 20.1 Å². The summed E-state index contributed by atoms with van der Waals surface area (Å²) in [6.45, 7) is 6.77. The molecule has 0 aliphatic carbocycles. The second-order valence-corrected chi connectivity index (χ2v) is 6.31. The highest BCUT2D eigenvalue weighted by Gasteiger charge is 2.08. The molecule has 0 spiro atoms. The van der Waals surface area contributed by atoms with Gasteiger partial charge in [0.2, 0.25) is 0 Å². The molecule has 5 heteroatoms. The van der Waals surface area contributed by atoms with Crippen molar-refractivity contribution in [3.63, 3.8) is 0 Å². The Morgan fingerprint density at radius 2 is 1.65 bits per heavy atom. The Hall–Kier alpha value is -1.49. The average Bonchev–Trinajstić information content (AvgIpc) is 3.10. The van der Waals surface area contributed by atoms with E-state index in [1.807, 2.05) is 7.05 Å². The quantitative estimate of drug-likeness (QED) is 0.417. The number of aliphatic imine (C=N–C) groups is 1. The van der Waals surface area contributed by atoms with Crippen LogP contribution in [0.4, 0.5) is 0 Å². The minimum Gasteiger partial charge on any atom is -0.356 e. The van der Waals surface area contributed by atoms with E-state index in [9.17, 15) is 0 Å². The van der Waals surface area contributed by atoms with E-state index >= 15 is 0 Å². The van der Waals surface area contributed by atoms with Crippen molar-refractivity contribution in [1.29, 1.82) is 0 Å². The summed E-state index contributed by atoms with van der Waals surface area (Å²) in [6.07, 6.45) is 12.2. The normalized spacial score (nSPS) is 16.5. The molecule has 0 aromatic carbocycles. The first-order chi connectivity index (χ1) is 11.4. The summed E-state index contributed by atoms with van der Waals surface area (Å²) in [4.78, 5) is 6.90. The van der Waals surface area contributed by atoms with E-state index in [0.717, 1.165) is 25.6 Å². The molecule has 0 saturated carbocycles. The Balaban J connectivity index is 1.45. The first-order valence-electron chi connectivity index (χ1n) is 9.16. The van der Waals surface area contributed by atoms with Crippen molar-refractivity contribution < 1.29 is 0 Å². The molecule has 5 nitrogen and oxygen atoms in total. The van der Waals surface area contributed by atoms with Gasteiger partial charge in [-0.05, 0) is 57.5 Å². The summed E-state index contributed by atoms with van der Waals surface area (Å²) in [6, 6.07) is 4.11. The van der Waals surface area contributed by atoms with Gasteiger partial charge in [0.25, 0.3) is 0 Å². The van der Waals surface area contributed by atoms with E-state index in [4.69, 9.17) is 0 Å². The van der Waals surface area contributed by atoms with Crippen molar-refractivity contribution in [2.45, 2.75) is 45.1 Å². The van der Waals surface area contributed by atoms with Gasteiger partial charge in [0.15, 0.2) is 5.96 Å². The molecule has 0 atom stereocenters. The fourth-order valence-corrected chi connectivity index (χ4v) is 3.07. The van der Waals surface area contributed by atoms with E-state index in [2.05, 4.69) is 49.6 Å². The topological polar surface area (TPSA) is 44.6 Å². The zero-order chi connectivity index (χ0) is 16.2. The van der Waals surface area contributed by atoms with E-state index in [1.165, 1.54) is 58.2 Å². The highest BCUT2D eigenvalue weighted by molar-refractivity contribution is 5.79. The number of hydrogen-bond donors (Lipinski definition) is 2. The molecule has 23 heavy (non-hydrogen) atoms. The summed E-state index contributed by atoms with van der Waals surface area (Å²) in [5.41, 5.74) is 0. The molecule has 1 aliphatic rings. The molecule has 1 aliphatic heterocycles. The van der Waals surface area contributed by atoms with Crippen LogP contribution in [0, 0.1) is 0 Å². The molecule has 2 heterocycles. The highest BCUT2D eigenvalue weighted by Crippen LogP contribution is 2.09. The standard InChI is InChI=1S/C18H33N5/c1-19-18(21-11-17-23-15-8-9-16-23)20-10-4-2-5-12-22-13-6-3-7-14-22/h8-9,15-16H,2-7,10-14,17H2,1H3,(H2,19,20,21). The zero-order valence-electron chi connectivity index (χ0n) is 14.6. The molecule has 0 unspecified atom stereocenters. The molecule has 2 rings (SSSR count). The lowest BCUT2D eigenvalue weighted by Crippen LogP contribution is -2.39. The largest absolute Gasteiger partial charge is 0.356 e. The van der Waals surface area contributed by atoms with Gasteiger partial charge >= 0.3 is 0 Å². The molecule has 1 aromatic rings. The molecular weight excluding hydrogens is 286 g/mol. The Morgan fingerprint density at radius 3 is 2.39 bits per heavy atom. The molecule has 1 aromatic heterocycles. The number of nitrogens with one attached hydrogen (secondary N) is 2. The second kappa shape index (κ2) is 11.1. The van der Waals surface area contributed by atoms with Crippen LogP contribution < -0.4 is 10.6 Å². The van der Waals surface area contributed by atoms with Crippen LogP contribution in [-0.4, -0.2) is 55.2 Å². The minimum absolute atomic E-state index is 0.892. The van der Waals surface area contributed by atoms with Crippen molar-refractivity contribution in [1.82, 2.24) is 20.1 Å². The molecular formula is C18H33N5. The highest BCUT2D eigenvalue weighted by atomic mass is 15.2. The van der Waals surface area contributed by atoms with Gasteiger partial charge in [0.05, 0.1) is 0 Å². The van der Waals surface area contributed by atoms with Crippen molar-refractivity contribution in [3.8, 4) is 0 Å². The first-order valence-corrected chi connectivity index (χ1v) is 9.16. The molecule has 0 amide bonds. The third-order valence-electron chi connectivity index (χ3n) is 4.44. The number of hydrogen-bond acceptors (Lipinski definition) is 2. The van der Waals surface area contributed by atoms with Crippen LogP contribution >= 0.6 is 0 Å². The zero-order valence-corrected chi connectivity index (χ0v) is 14.6. The van der Waals surface area contributed by atoms with Gasteiger partial charge in [0.1, 0.15) is 0 Å². The second-order valence-electron chi connectivity index (χ2n) is 6.31. The Kier molecular flexibility index (Phi) is 8.62. The fourth-order valence-electron chi connectivity index (χ4n) is 3.07. The lowest BCUT2D eigenvalue weighted by Gasteiger charge is -2.26. The van der Waals surface area contributed by atoms with Gasteiger partial charge in [-0.15, -0.1) is 0 Å². The molecule has 0 radical (unpaired) electrons. The monoisotopic (exact) mass is 319 g/mol. The van der Waals surface area contributed by atoms with Gasteiger partial charge in [-0.25, -0.2) is 0 Å². The van der Waals surface area contributed by atoms with Gasteiger partial charge in [-0.3, -0.25) is 4.99 Å². The van der Waals surface area contributed by atoms with Crippen molar-refractivity contribution >= 4 is 5.96 Å². The summed E-state index contributed by atoms with van der Waals surface area (Å²) in [5, 5.41) is 6.76. The maximum atomic E-state index is 4.28. The van der Waals surface area contributed by atoms with E-state index in [0.29, 0.717) is 0 Å². The molecule has 130 valence electrons. The van der Waals surface area contributed by atoms with Crippen molar-refractivity contribution in [2.75, 3.05) is 39.8 Å². The lowest BCUT2D eigenvalue weighted by molar-refractivity contribution is 0.224. The fraction of sp³-hybridized carbons (Fsp3) is 0.722. The minimum atomic E-state index is 0.892. The number of piperidine rings is 1. The van der Waals surface area contributed by atoms with E-state index < -0.39 is 0 Å².